The molecule has 1 aromatic carbocycles. The predicted octanol–water partition coefficient (Wildman–Crippen LogP) is 2.10. The molecule has 1 aromatic rings. The molecule has 0 radical (unpaired) electrons. The van der Waals surface area contributed by atoms with Crippen molar-refractivity contribution in [3.63, 3.8) is 0 Å². The summed E-state index contributed by atoms with van der Waals surface area (Å²) < 4.78 is 18.6. The van der Waals surface area contributed by atoms with E-state index in [1.165, 1.54) is 13.2 Å². The van der Waals surface area contributed by atoms with E-state index in [0.717, 1.165) is 6.07 Å². The molecule has 1 aliphatic carbocycles. The van der Waals surface area contributed by atoms with Crippen molar-refractivity contribution in [1.82, 2.24) is 0 Å². The molecule has 0 atom stereocenters. The minimum atomic E-state index is -0.747. The molecule has 0 unspecified atom stereocenters. The molecule has 78 valence electrons. The Labute approximate surface area is 86.7 Å². The molecule has 0 aromatic heterocycles. The van der Waals surface area contributed by atoms with Gasteiger partial charge in [0, 0.05) is 12.1 Å². The van der Waals surface area contributed by atoms with Gasteiger partial charge in [-0.15, -0.1) is 0 Å². The minimum Gasteiger partial charge on any atom is -0.508 e. The summed E-state index contributed by atoms with van der Waals surface area (Å²) in [6.45, 7) is 0. The molecular weight excluding hydrogens is 197 g/mol. The van der Waals surface area contributed by atoms with E-state index in [4.69, 9.17) is 10.00 Å². The molecule has 0 saturated heterocycles. The second-order valence-electron chi connectivity index (χ2n) is 3.70. The number of halogens is 1. The van der Waals surface area contributed by atoms with Gasteiger partial charge in [0.1, 0.15) is 17.3 Å². The Morgan fingerprint density at radius 2 is 2.20 bits per heavy atom. The van der Waals surface area contributed by atoms with Crippen LogP contribution in [0, 0.1) is 17.1 Å². The summed E-state index contributed by atoms with van der Waals surface area (Å²) in [7, 11) is 1.39. The number of hydrogen-bond acceptors (Lipinski definition) is 3. The third-order valence-electron chi connectivity index (χ3n) is 2.70. The third kappa shape index (κ3) is 1.40. The van der Waals surface area contributed by atoms with Gasteiger partial charge in [-0.3, -0.25) is 0 Å². The molecule has 0 aliphatic heterocycles. The van der Waals surface area contributed by atoms with Crippen molar-refractivity contribution >= 4 is 0 Å². The molecule has 0 spiro atoms. The van der Waals surface area contributed by atoms with E-state index in [0.29, 0.717) is 12.8 Å². The third-order valence-corrected chi connectivity index (χ3v) is 2.70. The highest BCUT2D eigenvalue weighted by molar-refractivity contribution is 5.51. The first-order valence-electron chi connectivity index (χ1n) is 4.61. The lowest BCUT2D eigenvalue weighted by atomic mass is 9.96. The summed E-state index contributed by atoms with van der Waals surface area (Å²) in [6, 6.07) is 4.44. The first-order chi connectivity index (χ1) is 7.13. The van der Waals surface area contributed by atoms with Crippen LogP contribution in [0.4, 0.5) is 4.39 Å². The van der Waals surface area contributed by atoms with Crippen LogP contribution < -0.4 is 4.74 Å². The fourth-order valence-electron chi connectivity index (χ4n) is 1.74. The van der Waals surface area contributed by atoms with Gasteiger partial charge < -0.3 is 9.84 Å². The highest BCUT2D eigenvalue weighted by atomic mass is 19.1. The number of nitriles is 1. The van der Waals surface area contributed by atoms with Gasteiger partial charge in [0.2, 0.25) is 0 Å². The largest absolute Gasteiger partial charge is 0.508 e. The highest BCUT2D eigenvalue weighted by Gasteiger charge is 2.49. The quantitative estimate of drug-likeness (QED) is 0.807. The topological polar surface area (TPSA) is 53.2 Å². The Hall–Kier alpha value is -1.76. The van der Waals surface area contributed by atoms with Crippen molar-refractivity contribution in [2.45, 2.75) is 18.3 Å². The van der Waals surface area contributed by atoms with Crippen LogP contribution in [-0.4, -0.2) is 12.2 Å². The summed E-state index contributed by atoms with van der Waals surface area (Å²) >= 11 is 0. The number of nitrogens with zero attached hydrogens (tertiary/aromatic N) is 1. The lowest BCUT2D eigenvalue weighted by Crippen LogP contribution is -2.08. The lowest BCUT2D eigenvalue weighted by molar-refractivity contribution is 0.392. The SMILES string of the molecule is COc1cc(O)cc(F)c1C1(C#N)CC1. The van der Waals surface area contributed by atoms with Gasteiger partial charge in [0.25, 0.3) is 0 Å². The number of benzene rings is 1. The Bertz CT molecular complexity index is 447. The summed E-state index contributed by atoms with van der Waals surface area (Å²) in [5.41, 5.74) is -0.478. The smallest absolute Gasteiger partial charge is 0.135 e. The van der Waals surface area contributed by atoms with E-state index in [2.05, 4.69) is 6.07 Å². The molecule has 1 N–H and O–H groups in total. The van der Waals surface area contributed by atoms with E-state index in [1.54, 1.807) is 0 Å². The second-order valence-corrected chi connectivity index (χ2v) is 3.70. The first kappa shape index (κ1) is 9.78. The minimum absolute atomic E-state index is 0.193. The number of phenols is 1. The average Bonchev–Trinajstić information content (AvgIpc) is 2.97. The fourth-order valence-corrected chi connectivity index (χ4v) is 1.74. The summed E-state index contributed by atoms with van der Waals surface area (Å²) in [4.78, 5) is 0. The molecule has 0 heterocycles. The van der Waals surface area contributed by atoms with Gasteiger partial charge in [0.15, 0.2) is 0 Å². The van der Waals surface area contributed by atoms with E-state index in [1.807, 2.05) is 0 Å². The normalized spacial score (nSPS) is 16.9. The van der Waals surface area contributed by atoms with Crippen molar-refractivity contribution in [1.29, 1.82) is 5.26 Å². The van der Waals surface area contributed by atoms with E-state index in [-0.39, 0.29) is 17.1 Å². The highest BCUT2D eigenvalue weighted by Crippen LogP contribution is 2.52. The van der Waals surface area contributed by atoms with Crippen LogP contribution in [0.25, 0.3) is 0 Å². The molecular formula is C11H10FNO2. The van der Waals surface area contributed by atoms with E-state index >= 15 is 0 Å². The van der Waals surface area contributed by atoms with Crippen LogP contribution >= 0.6 is 0 Å². The number of ether oxygens (including phenoxy) is 1. The van der Waals surface area contributed by atoms with Gasteiger partial charge in [-0.05, 0) is 12.8 Å². The molecule has 0 amide bonds. The van der Waals surface area contributed by atoms with Crippen LogP contribution in [-0.2, 0) is 5.41 Å². The van der Waals surface area contributed by atoms with Crippen molar-refractivity contribution in [3.05, 3.63) is 23.5 Å². The Balaban J connectivity index is 2.60. The maximum atomic E-state index is 13.6. The predicted molar refractivity (Wildman–Crippen MR) is 51.1 cm³/mol. The summed E-state index contributed by atoms with van der Waals surface area (Å²) in [6.07, 6.45) is 1.28. The van der Waals surface area contributed by atoms with Gasteiger partial charge in [-0.2, -0.15) is 5.26 Å². The van der Waals surface area contributed by atoms with Crippen molar-refractivity contribution in [2.24, 2.45) is 0 Å². The summed E-state index contributed by atoms with van der Waals surface area (Å²) in [5.74, 6) is -0.528. The zero-order chi connectivity index (χ0) is 11.1. The molecule has 1 saturated carbocycles. The van der Waals surface area contributed by atoms with E-state index in [9.17, 15) is 9.50 Å². The fraction of sp³-hybridized carbons (Fsp3) is 0.364. The molecule has 2 rings (SSSR count). The number of methoxy groups -OCH3 is 1. The van der Waals surface area contributed by atoms with Crippen LogP contribution in [0.2, 0.25) is 0 Å². The number of hydrogen-bond donors (Lipinski definition) is 1. The number of aromatic hydroxyl groups is 1. The monoisotopic (exact) mass is 207 g/mol. The molecule has 15 heavy (non-hydrogen) atoms. The van der Waals surface area contributed by atoms with Gasteiger partial charge in [-0.1, -0.05) is 0 Å². The Morgan fingerprint density at radius 3 is 2.67 bits per heavy atom. The van der Waals surface area contributed by atoms with Crippen LogP contribution in [0.5, 0.6) is 11.5 Å². The van der Waals surface area contributed by atoms with Crippen LogP contribution in [0.15, 0.2) is 12.1 Å². The van der Waals surface area contributed by atoms with Gasteiger partial charge in [0.05, 0.1) is 24.2 Å². The average molecular weight is 207 g/mol. The van der Waals surface area contributed by atoms with Crippen LogP contribution in [0.3, 0.4) is 0 Å². The lowest BCUT2D eigenvalue weighted by Gasteiger charge is -2.13. The molecule has 0 bridgehead atoms. The van der Waals surface area contributed by atoms with Crippen molar-refractivity contribution in [3.8, 4) is 17.6 Å². The van der Waals surface area contributed by atoms with E-state index < -0.39 is 11.2 Å². The molecule has 4 heteroatoms. The number of phenolic OH excluding ortho intramolecular Hbond substituents is 1. The van der Waals surface area contributed by atoms with Gasteiger partial charge in [-0.25, -0.2) is 4.39 Å². The maximum Gasteiger partial charge on any atom is 0.135 e. The zero-order valence-corrected chi connectivity index (χ0v) is 8.25. The summed E-state index contributed by atoms with van der Waals surface area (Å²) in [5, 5.41) is 18.2. The Kier molecular flexibility index (Phi) is 2.04. The Morgan fingerprint density at radius 1 is 1.53 bits per heavy atom. The van der Waals surface area contributed by atoms with Crippen molar-refractivity contribution < 1.29 is 14.2 Å². The maximum absolute atomic E-state index is 13.6. The molecule has 3 nitrogen and oxygen atoms in total. The standard InChI is InChI=1S/C11H10FNO2/c1-15-9-5-7(14)4-8(12)10(9)11(6-13)2-3-11/h4-5,14H,2-3H2,1H3. The van der Waals surface area contributed by atoms with Crippen LogP contribution in [0.1, 0.15) is 18.4 Å². The van der Waals surface area contributed by atoms with Crippen molar-refractivity contribution in [2.75, 3.05) is 7.11 Å². The number of rotatable bonds is 2. The van der Waals surface area contributed by atoms with Gasteiger partial charge >= 0.3 is 0 Å². The molecule has 1 fully saturated rings. The first-order valence-corrected chi connectivity index (χ1v) is 4.61. The zero-order valence-electron chi connectivity index (χ0n) is 8.25. The second kappa shape index (κ2) is 3.13. The molecule has 1 aliphatic rings.